The average molecular weight is 205 g/mol. The quantitative estimate of drug-likeness (QED) is 0.707. The number of hydrogen-bond acceptors (Lipinski definition) is 4. The Labute approximate surface area is 89.3 Å². The van der Waals surface area contributed by atoms with Crippen LogP contribution in [0.1, 0.15) is 18.5 Å². The van der Waals surface area contributed by atoms with E-state index in [0.29, 0.717) is 0 Å². The van der Waals surface area contributed by atoms with Crippen molar-refractivity contribution in [3.05, 3.63) is 11.9 Å². The number of nitrogens with zero attached hydrogens (tertiary/aromatic N) is 5. The summed E-state index contributed by atoms with van der Waals surface area (Å²) in [4.78, 5) is 2.33. The maximum atomic E-state index is 8.78. The van der Waals surface area contributed by atoms with Crippen molar-refractivity contribution in [1.29, 1.82) is 5.26 Å². The normalized spacial score (nSPS) is 18.9. The van der Waals surface area contributed by atoms with Crippen molar-refractivity contribution in [2.24, 2.45) is 13.0 Å². The van der Waals surface area contributed by atoms with Crippen molar-refractivity contribution in [1.82, 2.24) is 19.9 Å². The van der Waals surface area contributed by atoms with Gasteiger partial charge >= 0.3 is 0 Å². The SMILES string of the molecule is Cn1cc(CN2CCC(C#N)CC2)nn1. The summed E-state index contributed by atoms with van der Waals surface area (Å²) in [6, 6.07) is 2.33. The van der Waals surface area contributed by atoms with Crippen molar-refractivity contribution >= 4 is 0 Å². The second-order valence-corrected chi connectivity index (χ2v) is 4.06. The van der Waals surface area contributed by atoms with Gasteiger partial charge in [-0.2, -0.15) is 5.26 Å². The molecule has 0 atom stereocenters. The Kier molecular flexibility index (Phi) is 2.97. The summed E-state index contributed by atoms with van der Waals surface area (Å²) in [5.41, 5.74) is 1.01. The van der Waals surface area contributed by atoms with Crippen LogP contribution < -0.4 is 0 Å². The molecule has 0 unspecified atom stereocenters. The molecule has 0 saturated carbocycles. The Bertz CT molecular complexity index is 356. The smallest absolute Gasteiger partial charge is 0.0966 e. The molecule has 0 aromatic carbocycles. The van der Waals surface area contributed by atoms with Gasteiger partial charge in [-0.15, -0.1) is 5.10 Å². The molecular formula is C10H15N5. The molecule has 2 rings (SSSR count). The van der Waals surface area contributed by atoms with Gasteiger partial charge in [-0.05, 0) is 25.9 Å². The molecule has 1 saturated heterocycles. The molecule has 5 nitrogen and oxygen atoms in total. The largest absolute Gasteiger partial charge is 0.297 e. The third-order valence-corrected chi connectivity index (χ3v) is 2.81. The molecule has 0 aliphatic carbocycles. The minimum Gasteiger partial charge on any atom is -0.297 e. The van der Waals surface area contributed by atoms with Gasteiger partial charge in [-0.3, -0.25) is 9.58 Å². The van der Waals surface area contributed by atoms with E-state index in [1.165, 1.54) is 0 Å². The van der Waals surface area contributed by atoms with E-state index >= 15 is 0 Å². The van der Waals surface area contributed by atoms with Gasteiger partial charge in [-0.25, -0.2) is 0 Å². The Hall–Kier alpha value is -1.41. The molecule has 1 aliphatic rings. The van der Waals surface area contributed by atoms with E-state index < -0.39 is 0 Å². The standard InChI is InChI=1S/C10H15N5/c1-14-7-10(12-13-14)8-15-4-2-9(6-11)3-5-15/h7,9H,2-5,8H2,1H3. The monoisotopic (exact) mass is 205 g/mol. The summed E-state index contributed by atoms with van der Waals surface area (Å²) in [7, 11) is 1.87. The van der Waals surface area contributed by atoms with Crippen LogP contribution in [0.3, 0.4) is 0 Å². The molecule has 0 N–H and O–H groups in total. The zero-order valence-electron chi connectivity index (χ0n) is 8.93. The van der Waals surface area contributed by atoms with Crippen LogP contribution in [0.2, 0.25) is 0 Å². The van der Waals surface area contributed by atoms with Gasteiger partial charge in [0.15, 0.2) is 0 Å². The second kappa shape index (κ2) is 4.41. The third kappa shape index (κ3) is 2.54. The lowest BCUT2D eigenvalue weighted by Crippen LogP contribution is -2.32. The molecule has 80 valence electrons. The van der Waals surface area contributed by atoms with Crippen molar-refractivity contribution in [3.63, 3.8) is 0 Å². The minimum atomic E-state index is 0.253. The first-order valence-electron chi connectivity index (χ1n) is 5.25. The summed E-state index contributed by atoms with van der Waals surface area (Å²) < 4.78 is 1.72. The number of aromatic nitrogens is 3. The highest BCUT2D eigenvalue weighted by molar-refractivity contribution is 4.94. The zero-order valence-corrected chi connectivity index (χ0v) is 8.93. The van der Waals surface area contributed by atoms with Gasteiger partial charge in [-0.1, -0.05) is 5.21 Å². The van der Waals surface area contributed by atoms with Gasteiger partial charge in [0.25, 0.3) is 0 Å². The van der Waals surface area contributed by atoms with Crippen molar-refractivity contribution < 1.29 is 0 Å². The highest BCUT2D eigenvalue weighted by Crippen LogP contribution is 2.17. The van der Waals surface area contributed by atoms with E-state index in [4.69, 9.17) is 5.26 Å². The molecule has 0 bridgehead atoms. The van der Waals surface area contributed by atoms with Gasteiger partial charge in [0.2, 0.25) is 0 Å². The molecule has 0 amide bonds. The van der Waals surface area contributed by atoms with Crippen LogP contribution in [0.25, 0.3) is 0 Å². The fourth-order valence-electron chi connectivity index (χ4n) is 1.92. The van der Waals surface area contributed by atoms with E-state index in [0.717, 1.165) is 38.2 Å². The molecule has 0 radical (unpaired) electrons. The number of nitriles is 1. The summed E-state index contributed by atoms with van der Waals surface area (Å²) in [6.07, 6.45) is 3.91. The molecular weight excluding hydrogens is 190 g/mol. The Morgan fingerprint density at radius 3 is 2.80 bits per heavy atom. The summed E-state index contributed by atoms with van der Waals surface area (Å²) in [5, 5.41) is 16.7. The van der Waals surface area contributed by atoms with Gasteiger partial charge in [0.05, 0.1) is 11.8 Å². The maximum absolute atomic E-state index is 8.78. The predicted molar refractivity (Wildman–Crippen MR) is 54.6 cm³/mol. The van der Waals surface area contributed by atoms with Crippen LogP contribution in [0.15, 0.2) is 6.20 Å². The van der Waals surface area contributed by atoms with E-state index in [1.54, 1.807) is 4.68 Å². The molecule has 15 heavy (non-hydrogen) atoms. The Morgan fingerprint density at radius 1 is 1.53 bits per heavy atom. The fraction of sp³-hybridized carbons (Fsp3) is 0.700. The lowest BCUT2D eigenvalue weighted by Gasteiger charge is -2.27. The van der Waals surface area contributed by atoms with Gasteiger partial charge < -0.3 is 0 Å². The molecule has 5 heteroatoms. The maximum Gasteiger partial charge on any atom is 0.0966 e. The Morgan fingerprint density at radius 2 is 2.27 bits per heavy atom. The second-order valence-electron chi connectivity index (χ2n) is 4.06. The summed E-state index contributed by atoms with van der Waals surface area (Å²) >= 11 is 0. The van der Waals surface area contributed by atoms with E-state index in [9.17, 15) is 0 Å². The number of rotatable bonds is 2. The molecule has 1 aromatic heterocycles. The number of aryl methyl sites for hydroxylation is 1. The molecule has 0 spiro atoms. The summed E-state index contributed by atoms with van der Waals surface area (Å²) in [6.45, 7) is 2.84. The number of piperidine rings is 1. The first-order chi connectivity index (χ1) is 7.28. The lowest BCUT2D eigenvalue weighted by molar-refractivity contribution is 0.196. The Balaban J connectivity index is 1.85. The third-order valence-electron chi connectivity index (χ3n) is 2.81. The van der Waals surface area contributed by atoms with E-state index in [-0.39, 0.29) is 5.92 Å². The van der Waals surface area contributed by atoms with E-state index in [1.807, 2.05) is 13.2 Å². The van der Waals surface area contributed by atoms with Gasteiger partial charge in [0.1, 0.15) is 0 Å². The van der Waals surface area contributed by atoms with Gasteiger partial charge in [0, 0.05) is 25.7 Å². The van der Waals surface area contributed by atoms with Crippen molar-refractivity contribution in [2.45, 2.75) is 19.4 Å². The molecule has 1 aromatic rings. The number of hydrogen-bond donors (Lipinski definition) is 0. The molecule has 2 heterocycles. The predicted octanol–water partition coefficient (Wildman–Crippen LogP) is 0.551. The molecule has 1 fully saturated rings. The highest BCUT2D eigenvalue weighted by Gasteiger charge is 2.19. The van der Waals surface area contributed by atoms with Crippen molar-refractivity contribution in [3.8, 4) is 6.07 Å². The number of likely N-dealkylation sites (tertiary alicyclic amines) is 1. The van der Waals surface area contributed by atoms with Crippen LogP contribution in [0, 0.1) is 17.2 Å². The topological polar surface area (TPSA) is 57.7 Å². The highest BCUT2D eigenvalue weighted by atomic mass is 15.4. The first-order valence-corrected chi connectivity index (χ1v) is 5.25. The van der Waals surface area contributed by atoms with Crippen LogP contribution in [0.5, 0.6) is 0 Å². The average Bonchev–Trinajstić information content (AvgIpc) is 2.65. The minimum absolute atomic E-state index is 0.253. The molecule has 1 aliphatic heterocycles. The van der Waals surface area contributed by atoms with Crippen LogP contribution in [0.4, 0.5) is 0 Å². The summed E-state index contributed by atoms with van der Waals surface area (Å²) in [5.74, 6) is 0.253. The van der Waals surface area contributed by atoms with Crippen molar-refractivity contribution in [2.75, 3.05) is 13.1 Å². The van der Waals surface area contributed by atoms with E-state index in [2.05, 4.69) is 21.3 Å². The lowest BCUT2D eigenvalue weighted by atomic mass is 9.99. The zero-order chi connectivity index (χ0) is 10.7. The van der Waals surface area contributed by atoms with Crippen LogP contribution >= 0.6 is 0 Å². The van der Waals surface area contributed by atoms with Crippen LogP contribution in [-0.2, 0) is 13.6 Å². The fourth-order valence-corrected chi connectivity index (χ4v) is 1.92. The van der Waals surface area contributed by atoms with Crippen LogP contribution in [-0.4, -0.2) is 33.0 Å². The first kappa shape index (κ1) is 10.1.